The van der Waals surface area contributed by atoms with Crippen LogP contribution in [0.3, 0.4) is 0 Å². The number of hydrogen-bond acceptors (Lipinski definition) is 3. The van der Waals surface area contributed by atoms with Crippen LogP contribution >= 0.6 is 11.6 Å². The molecule has 1 aromatic heterocycles. The number of phenols is 1. The molecule has 0 saturated carbocycles. The summed E-state index contributed by atoms with van der Waals surface area (Å²) in [5, 5.41) is 20.2. The molecule has 2 N–H and O–H groups in total. The SMILES string of the molecule is CCC(C)C[C@@H](C(=O)O)c1c(C)n(C(=O)c2cccc(Cl)c2)c2ccc(O)c(F)c12. The molecule has 1 heterocycles. The second-order valence-corrected chi connectivity index (χ2v) is 8.02. The fourth-order valence-electron chi connectivity index (χ4n) is 3.83. The Kier molecular flexibility index (Phi) is 6.17. The number of hydrogen-bond donors (Lipinski definition) is 2. The Morgan fingerprint density at radius 1 is 1.23 bits per heavy atom. The van der Waals surface area contributed by atoms with Crippen LogP contribution in [-0.2, 0) is 4.79 Å². The van der Waals surface area contributed by atoms with E-state index in [2.05, 4.69) is 0 Å². The highest BCUT2D eigenvalue weighted by molar-refractivity contribution is 6.31. The van der Waals surface area contributed by atoms with Crippen LogP contribution in [0.1, 0.15) is 54.2 Å². The number of phenolic OH excluding ortho intramolecular Hbond substituents is 1. The molecule has 0 aliphatic carbocycles. The lowest BCUT2D eigenvalue weighted by Gasteiger charge is -2.18. The van der Waals surface area contributed by atoms with Gasteiger partial charge in [0.25, 0.3) is 5.91 Å². The number of benzene rings is 2. The van der Waals surface area contributed by atoms with Crippen molar-refractivity contribution in [2.24, 2.45) is 5.92 Å². The molecular formula is C23H23ClFNO4. The topological polar surface area (TPSA) is 79.5 Å². The fourth-order valence-corrected chi connectivity index (χ4v) is 4.02. The number of carbonyl (C=O) groups is 2. The Hall–Kier alpha value is -2.86. The van der Waals surface area contributed by atoms with Gasteiger partial charge in [-0.2, -0.15) is 0 Å². The van der Waals surface area contributed by atoms with Crippen molar-refractivity contribution in [2.75, 3.05) is 0 Å². The van der Waals surface area contributed by atoms with E-state index in [0.29, 0.717) is 10.7 Å². The maximum atomic E-state index is 15.0. The molecule has 3 rings (SSSR count). The first kappa shape index (κ1) is 21.8. The molecule has 0 bridgehead atoms. The molecule has 5 nitrogen and oxygen atoms in total. The molecule has 2 aromatic carbocycles. The van der Waals surface area contributed by atoms with Gasteiger partial charge in [-0.3, -0.25) is 14.2 Å². The number of halogens is 2. The van der Waals surface area contributed by atoms with Gasteiger partial charge in [0.1, 0.15) is 0 Å². The van der Waals surface area contributed by atoms with E-state index in [0.717, 1.165) is 12.5 Å². The molecule has 0 saturated heterocycles. The van der Waals surface area contributed by atoms with E-state index in [-0.39, 0.29) is 34.4 Å². The normalized spacial score (nSPS) is 13.4. The summed E-state index contributed by atoms with van der Waals surface area (Å²) >= 11 is 6.02. The molecule has 0 aliphatic rings. The zero-order valence-corrected chi connectivity index (χ0v) is 17.7. The summed E-state index contributed by atoms with van der Waals surface area (Å²) in [5.41, 5.74) is 1.03. The van der Waals surface area contributed by atoms with Crippen LogP contribution < -0.4 is 0 Å². The summed E-state index contributed by atoms with van der Waals surface area (Å²) < 4.78 is 16.3. The predicted molar refractivity (Wildman–Crippen MR) is 114 cm³/mol. The van der Waals surface area contributed by atoms with Crippen LogP contribution in [0.2, 0.25) is 5.02 Å². The maximum absolute atomic E-state index is 15.0. The molecule has 0 amide bonds. The third-order valence-electron chi connectivity index (χ3n) is 5.59. The van der Waals surface area contributed by atoms with Gasteiger partial charge in [-0.25, -0.2) is 4.39 Å². The number of aliphatic carboxylic acids is 1. The first-order valence-corrected chi connectivity index (χ1v) is 10.1. The van der Waals surface area contributed by atoms with Gasteiger partial charge in [0, 0.05) is 21.7 Å². The number of carboxylic acid groups (broad SMARTS) is 1. The van der Waals surface area contributed by atoms with Crippen molar-refractivity contribution in [3.8, 4) is 5.75 Å². The smallest absolute Gasteiger partial charge is 0.311 e. The van der Waals surface area contributed by atoms with Gasteiger partial charge in [-0.1, -0.05) is 37.9 Å². The summed E-state index contributed by atoms with van der Waals surface area (Å²) in [4.78, 5) is 25.4. The Morgan fingerprint density at radius 2 is 1.93 bits per heavy atom. The molecule has 0 radical (unpaired) electrons. The molecule has 7 heteroatoms. The van der Waals surface area contributed by atoms with Crippen molar-refractivity contribution >= 4 is 34.4 Å². The molecule has 0 fully saturated rings. The monoisotopic (exact) mass is 431 g/mol. The van der Waals surface area contributed by atoms with E-state index in [9.17, 15) is 19.8 Å². The van der Waals surface area contributed by atoms with Gasteiger partial charge in [0.05, 0.1) is 11.4 Å². The third-order valence-corrected chi connectivity index (χ3v) is 5.83. The van der Waals surface area contributed by atoms with Gasteiger partial charge < -0.3 is 10.2 Å². The van der Waals surface area contributed by atoms with Crippen molar-refractivity contribution < 1.29 is 24.2 Å². The summed E-state index contributed by atoms with van der Waals surface area (Å²) in [6, 6.07) is 8.94. The van der Waals surface area contributed by atoms with Gasteiger partial charge in [0.15, 0.2) is 11.6 Å². The molecule has 2 atom stereocenters. The quantitative estimate of drug-likeness (QED) is 0.521. The Labute approximate surface area is 178 Å². The molecule has 3 aromatic rings. The van der Waals surface area contributed by atoms with E-state index < -0.39 is 29.4 Å². The average Bonchev–Trinajstić information content (AvgIpc) is 3.00. The van der Waals surface area contributed by atoms with E-state index >= 15 is 4.39 Å². The van der Waals surface area contributed by atoms with E-state index in [1.165, 1.54) is 16.7 Å². The highest BCUT2D eigenvalue weighted by Crippen LogP contribution is 2.39. The van der Waals surface area contributed by atoms with Crippen molar-refractivity contribution in [3.05, 3.63) is 64.1 Å². The third kappa shape index (κ3) is 3.79. The minimum atomic E-state index is -1.10. The predicted octanol–water partition coefficient (Wildman–Crippen LogP) is 5.74. The molecule has 1 unspecified atom stereocenters. The average molecular weight is 432 g/mol. The van der Waals surface area contributed by atoms with Gasteiger partial charge in [-0.05, 0) is 55.2 Å². The van der Waals surface area contributed by atoms with E-state index in [4.69, 9.17) is 11.6 Å². The number of nitrogens with zero attached hydrogens (tertiary/aromatic N) is 1. The number of rotatable bonds is 6. The van der Waals surface area contributed by atoms with Crippen molar-refractivity contribution in [1.29, 1.82) is 0 Å². The van der Waals surface area contributed by atoms with Crippen molar-refractivity contribution in [2.45, 2.75) is 39.5 Å². The van der Waals surface area contributed by atoms with E-state index in [1.54, 1.807) is 25.1 Å². The number of aromatic nitrogens is 1. The van der Waals surface area contributed by atoms with E-state index in [1.807, 2.05) is 13.8 Å². The second-order valence-electron chi connectivity index (χ2n) is 7.58. The molecule has 158 valence electrons. The highest BCUT2D eigenvalue weighted by atomic mass is 35.5. The first-order valence-electron chi connectivity index (χ1n) is 9.72. The minimum Gasteiger partial charge on any atom is -0.505 e. The van der Waals surface area contributed by atoms with Crippen LogP contribution in [0.15, 0.2) is 36.4 Å². The summed E-state index contributed by atoms with van der Waals surface area (Å²) in [6.45, 7) is 5.48. The van der Waals surface area contributed by atoms with Crippen LogP contribution in [0, 0.1) is 18.7 Å². The lowest BCUT2D eigenvalue weighted by Crippen LogP contribution is -2.18. The fraction of sp³-hybridized carbons (Fsp3) is 0.304. The van der Waals surface area contributed by atoms with Crippen LogP contribution in [0.5, 0.6) is 5.75 Å². The lowest BCUT2D eigenvalue weighted by atomic mass is 9.87. The van der Waals surface area contributed by atoms with Crippen LogP contribution in [-0.4, -0.2) is 26.7 Å². The van der Waals surface area contributed by atoms with Crippen molar-refractivity contribution in [1.82, 2.24) is 4.57 Å². The zero-order chi connectivity index (χ0) is 22.2. The Morgan fingerprint density at radius 3 is 2.53 bits per heavy atom. The van der Waals surface area contributed by atoms with Gasteiger partial charge >= 0.3 is 5.97 Å². The van der Waals surface area contributed by atoms with Gasteiger partial charge in [-0.15, -0.1) is 0 Å². The van der Waals surface area contributed by atoms with Gasteiger partial charge in [0.2, 0.25) is 0 Å². The number of carboxylic acids is 1. The largest absolute Gasteiger partial charge is 0.505 e. The van der Waals surface area contributed by atoms with Crippen LogP contribution in [0.4, 0.5) is 4.39 Å². The summed E-state index contributed by atoms with van der Waals surface area (Å²) in [7, 11) is 0. The summed E-state index contributed by atoms with van der Waals surface area (Å²) in [5.74, 6) is -4.03. The zero-order valence-electron chi connectivity index (χ0n) is 16.9. The minimum absolute atomic E-state index is 0.0430. The molecule has 0 aliphatic heterocycles. The molecule has 30 heavy (non-hydrogen) atoms. The highest BCUT2D eigenvalue weighted by Gasteiger charge is 2.32. The lowest BCUT2D eigenvalue weighted by molar-refractivity contribution is -0.139. The summed E-state index contributed by atoms with van der Waals surface area (Å²) in [6.07, 6.45) is 1.04. The first-order chi connectivity index (χ1) is 14.2. The Bertz CT molecular complexity index is 1140. The maximum Gasteiger partial charge on any atom is 0.311 e. The van der Waals surface area contributed by atoms with Crippen LogP contribution in [0.25, 0.3) is 10.9 Å². The molecular weight excluding hydrogens is 409 g/mol. The number of aromatic hydroxyl groups is 1. The Balaban J connectivity index is 2.33. The van der Waals surface area contributed by atoms with Crippen molar-refractivity contribution in [3.63, 3.8) is 0 Å². The number of fused-ring (bicyclic) bond motifs is 1. The number of carbonyl (C=O) groups excluding carboxylic acids is 1. The second kappa shape index (κ2) is 8.48. The molecule has 0 spiro atoms. The standard InChI is InChI=1S/C23H23ClFNO4/c1-4-12(2)10-16(23(29)30)19-13(3)26(17-8-9-18(27)21(25)20(17)19)22(28)14-6-5-7-15(24)11-14/h5-9,11-12,16,27H,4,10H2,1-3H3,(H,29,30)/t12?,16-/m1/s1.